The standard InChI is InChI=1S/C17H26FN3O2.HI/c1-2-19-17(21-12-14-6-3-4-7-16(14)18)20-9-5-10-23-15-8-11-22-13-15;/h3-4,6-7,15H,2,5,8-13H2,1H3,(H2,19,20,21);1H. The summed E-state index contributed by atoms with van der Waals surface area (Å²) in [6.45, 7) is 6.06. The van der Waals surface area contributed by atoms with Crippen molar-refractivity contribution in [3.63, 3.8) is 0 Å². The Labute approximate surface area is 160 Å². The van der Waals surface area contributed by atoms with Gasteiger partial charge in [0.25, 0.3) is 0 Å². The van der Waals surface area contributed by atoms with Crippen LogP contribution in [0.1, 0.15) is 25.3 Å². The summed E-state index contributed by atoms with van der Waals surface area (Å²) < 4.78 is 24.6. The lowest BCUT2D eigenvalue weighted by molar-refractivity contribution is 0.0420. The predicted octanol–water partition coefficient (Wildman–Crippen LogP) is 2.69. The lowest BCUT2D eigenvalue weighted by Crippen LogP contribution is -2.38. The van der Waals surface area contributed by atoms with Crippen LogP contribution in [0.4, 0.5) is 4.39 Å². The second-order valence-corrected chi connectivity index (χ2v) is 5.42. The van der Waals surface area contributed by atoms with Crippen LogP contribution in [0.3, 0.4) is 0 Å². The molecule has 1 unspecified atom stereocenters. The lowest BCUT2D eigenvalue weighted by atomic mass is 10.2. The third-order valence-corrected chi connectivity index (χ3v) is 3.56. The van der Waals surface area contributed by atoms with E-state index in [0.717, 1.165) is 32.5 Å². The van der Waals surface area contributed by atoms with Gasteiger partial charge in [-0.1, -0.05) is 18.2 Å². The van der Waals surface area contributed by atoms with Crippen molar-refractivity contribution < 1.29 is 13.9 Å². The number of halogens is 2. The molecule has 1 atom stereocenters. The quantitative estimate of drug-likeness (QED) is 0.276. The van der Waals surface area contributed by atoms with Crippen LogP contribution in [0.2, 0.25) is 0 Å². The highest BCUT2D eigenvalue weighted by Crippen LogP contribution is 2.08. The van der Waals surface area contributed by atoms with Crippen molar-refractivity contribution in [2.24, 2.45) is 4.99 Å². The fourth-order valence-corrected chi connectivity index (χ4v) is 2.31. The molecule has 0 amide bonds. The summed E-state index contributed by atoms with van der Waals surface area (Å²) in [5.74, 6) is 0.472. The first-order valence-electron chi connectivity index (χ1n) is 8.24. The van der Waals surface area contributed by atoms with Gasteiger partial charge in [-0.25, -0.2) is 9.38 Å². The zero-order valence-corrected chi connectivity index (χ0v) is 16.4. The molecule has 0 aromatic heterocycles. The Hall–Kier alpha value is -0.930. The second kappa shape index (κ2) is 12.4. The van der Waals surface area contributed by atoms with Gasteiger partial charge in [0.15, 0.2) is 5.96 Å². The predicted molar refractivity (Wildman–Crippen MR) is 104 cm³/mol. The molecular weight excluding hydrogens is 424 g/mol. The van der Waals surface area contributed by atoms with Gasteiger partial charge >= 0.3 is 0 Å². The third-order valence-electron chi connectivity index (χ3n) is 3.56. The van der Waals surface area contributed by atoms with Gasteiger partial charge in [0.05, 0.1) is 19.3 Å². The van der Waals surface area contributed by atoms with Crippen LogP contribution in [0.15, 0.2) is 29.3 Å². The van der Waals surface area contributed by atoms with E-state index in [4.69, 9.17) is 9.47 Å². The second-order valence-electron chi connectivity index (χ2n) is 5.42. The number of ether oxygens (including phenoxy) is 2. The average Bonchev–Trinajstić information content (AvgIpc) is 3.07. The summed E-state index contributed by atoms with van der Waals surface area (Å²) >= 11 is 0. The topological polar surface area (TPSA) is 54.9 Å². The van der Waals surface area contributed by atoms with E-state index < -0.39 is 0 Å². The molecule has 1 aromatic carbocycles. The van der Waals surface area contributed by atoms with Crippen LogP contribution in [0.5, 0.6) is 0 Å². The van der Waals surface area contributed by atoms with Gasteiger partial charge < -0.3 is 20.1 Å². The summed E-state index contributed by atoms with van der Waals surface area (Å²) in [5, 5.41) is 6.40. The molecule has 1 fully saturated rings. The van der Waals surface area contributed by atoms with Gasteiger partial charge in [0.1, 0.15) is 5.82 Å². The van der Waals surface area contributed by atoms with Crippen LogP contribution in [0.25, 0.3) is 0 Å². The SMILES string of the molecule is CCNC(=NCc1ccccc1F)NCCCOC1CCOC1.I. The molecular formula is C17H27FIN3O2. The van der Waals surface area contributed by atoms with Gasteiger partial charge in [-0.15, -0.1) is 24.0 Å². The fourth-order valence-electron chi connectivity index (χ4n) is 2.31. The average molecular weight is 451 g/mol. The first-order chi connectivity index (χ1) is 11.3. The highest BCUT2D eigenvalue weighted by molar-refractivity contribution is 14.0. The summed E-state index contributed by atoms with van der Waals surface area (Å²) in [5.41, 5.74) is 0.592. The number of nitrogens with one attached hydrogen (secondary N) is 2. The van der Waals surface area contributed by atoms with Crippen LogP contribution in [-0.4, -0.2) is 45.0 Å². The van der Waals surface area contributed by atoms with Crippen LogP contribution in [-0.2, 0) is 16.0 Å². The smallest absolute Gasteiger partial charge is 0.191 e. The van der Waals surface area contributed by atoms with E-state index in [1.54, 1.807) is 12.1 Å². The maximum absolute atomic E-state index is 13.6. The molecule has 7 heteroatoms. The van der Waals surface area contributed by atoms with Gasteiger partial charge in [-0.3, -0.25) is 0 Å². The van der Waals surface area contributed by atoms with Gasteiger partial charge in [0, 0.05) is 31.9 Å². The Morgan fingerprint density at radius 1 is 1.38 bits per heavy atom. The minimum atomic E-state index is -0.223. The van der Waals surface area contributed by atoms with E-state index >= 15 is 0 Å². The fraction of sp³-hybridized carbons (Fsp3) is 0.588. The molecule has 2 rings (SSSR count). The van der Waals surface area contributed by atoms with E-state index in [-0.39, 0.29) is 35.9 Å². The lowest BCUT2D eigenvalue weighted by Gasteiger charge is -2.13. The van der Waals surface area contributed by atoms with Crippen LogP contribution >= 0.6 is 24.0 Å². The normalized spacial score (nSPS) is 17.4. The van der Waals surface area contributed by atoms with Crippen LogP contribution in [0, 0.1) is 5.82 Å². The van der Waals surface area contributed by atoms with Crippen molar-refractivity contribution in [2.75, 3.05) is 32.9 Å². The summed E-state index contributed by atoms with van der Waals surface area (Å²) in [7, 11) is 0. The Balaban J connectivity index is 0.00000288. The van der Waals surface area contributed by atoms with Gasteiger partial charge in [0.2, 0.25) is 0 Å². The monoisotopic (exact) mass is 451 g/mol. The molecule has 0 bridgehead atoms. The van der Waals surface area contributed by atoms with Crippen molar-refractivity contribution in [1.82, 2.24) is 10.6 Å². The highest BCUT2D eigenvalue weighted by atomic mass is 127. The molecule has 1 aliphatic heterocycles. The molecule has 1 aliphatic rings. The Kier molecular flexibility index (Phi) is 10.9. The highest BCUT2D eigenvalue weighted by Gasteiger charge is 2.15. The molecule has 24 heavy (non-hydrogen) atoms. The molecule has 2 N–H and O–H groups in total. The minimum absolute atomic E-state index is 0. The number of nitrogens with zero attached hydrogens (tertiary/aromatic N) is 1. The number of rotatable bonds is 8. The molecule has 1 saturated heterocycles. The Morgan fingerprint density at radius 2 is 2.21 bits per heavy atom. The maximum atomic E-state index is 13.6. The third kappa shape index (κ3) is 7.76. The first kappa shape index (κ1) is 21.1. The van der Waals surface area contributed by atoms with Crippen molar-refractivity contribution in [3.8, 4) is 0 Å². The molecule has 136 valence electrons. The van der Waals surface area contributed by atoms with E-state index in [1.807, 2.05) is 13.0 Å². The largest absolute Gasteiger partial charge is 0.379 e. The molecule has 1 aromatic rings. The number of guanidine groups is 1. The van der Waals surface area contributed by atoms with Crippen molar-refractivity contribution >= 4 is 29.9 Å². The first-order valence-corrected chi connectivity index (χ1v) is 8.24. The van der Waals surface area contributed by atoms with Gasteiger partial charge in [-0.2, -0.15) is 0 Å². The number of hydrogen-bond donors (Lipinski definition) is 2. The van der Waals surface area contributed by atoms with E-state index in [0.29, 0.717) is 31.3 Å². The molecule has 0 spiro atoms. The number of hydrogen-bond acceptors (Lipinski definition) is 3. The molecule has 0 aliphatic carbocycles. The zero-order valence-electron chi connectivity index (χ0n) is 14.1. The van der Waals surface area contributed by atoms with Crippen molar-refractivity contribution in [3.05, 3.63) is 35.6 Å². The molecule has 1 heterocycles. The molecule has 0 saturated carbocycles. The molecule has 0 radical (unpaired) electrons. The van der Waals surface area contributed by atoms with E-state index in [2.05, 4.69) is 15.6 Å². The Morgan fingerprint density at radius 3 is 2.92 bits per heavy atom. The number of benzene rings is 1. The summed E-state index contributed by atoms with van der Waals surface area (Å²) in [4.78, 5) is 4.41. The van der Waals surface area contributed by atoms with E-state index in [1.165, 1.54) is 6.07 Å². The Bertz CT molecular complexity index is 496. The maximum Gasteiger partial charge on any atom is 0.191 e. The zero-order chi connectivity index (χ0) is 16.3. The van der Waals surface area contributed by atoms with Crippen LogP contribution < -0.4 is 10.6 Å². The van der Waals surface area contributed by atoms with Gasteiger partial charge in [-0.05, 0) is 25.8 Å². The van der Waals surface area contributed by atoms with E-state index in [9.17, 15) is 4.39 Å². The number of aliphatic imine (C=N–C) groups is 1. The van der Waals surface area contributed by atoms with Crippen molar-refractivity contribution in [2.45, 2.75) is 32.4 Å². The molecule has 5 nitrogen and oxygen atoms in total. The minimum Gasteiger partial charge on any atom is -0.379 e. The summed E-state index contributed by atoms with van der Waals surface area (Å²) in [6.07, 6.45) is 2.12. The summed E-state index contributed by atoms with van der Waals surface area (Å²) in [6, 6.07) is 6.70. The van der Waals surface area contributed by atoms with Crippen molar-refractivity contribution in [1.29, 1.82) is 0 Å².